The molecule has 0 bridgehead atoms. The van der Waals surface area contributed by atoms with Gasteiger partial charge in [-0.05, 0) is 49.3 Å². The highest BCUT2D eigenvalue weighted by Crippen LogP contribution is 2.29. The maximum atomic E-state index is 12.6. The zero-order valence-corrected chi connectivity index (χ0v) is 11.9. The van der Waals surface area contributed by atoms with Gasteiger partial charge in [-0.3, -0.25) is 4.79 Å². The van der Waals surface area contributed by atoms with E-state index in [4.69, 9.17) is 0 Å². The van der Waals surface area contributed by atoms with Crippen LogP contribution in [0.25, 0.3) is 0 Å². The normalized spacial score (nSPS) is 14.9. The van der Waals surface area contributed by atoms with Gasteiger partial charge in [-0.15, -0.1) is 11.3 Å². The molecule has 2 aromatic rings. The molecule has 98 valence electrons. The number of carbonyl (C=O) groups is 1. The monoisotopic (exact) mass is 271 g/mol. The van der Waals surface area contributed by atoms with E-state index >= 15 is 0 Å². The molecule has 0 fully saturated rings. The summed E-state index contributed by atoms with van der Waals surface area (Å²) in [6.45, 7) is 2.93. The van der Waals surface area contributed by atoms with Crippen LogP contribution in [0.3, 0.4) is 0 Å². The molecule has 0 spiro atoms. The van der Waals surface area contributed by atoms with Gasteiger partial charge in [0, 0.05) is 12.2 Å². The van der Waals surface area contributed by atoms with E-state index in [0.29, 0.717) is 0 Å². The van der Waals surface area contributed by atoms with E-state index < -0.39 is 0 Å². The second-order valence-electron chi connectivity index (χ2n) is 5.02. The molecule has 0 unspecified atom stereocenters. The summed E-state index contributed by atoms with van der Waals surface area (Å²) >= 11 is 1.52. The van der Waals surface area contributed by atoms with E-state index in [1.165, 1.54) is 22.5 Å². The van der Waals surface area contributed by atoms with Crippen molar-refractivity contribution in [1.82, 2.24) is 0 Å². The quantitative estimate of drug-likeness (QED) is 0.766. The number of aryl methyl sites for hydroxylation is 2. The van der Waals surface area contributed by atoms with Crippen molar-refractivity contribution in [2.45, 2.75) is 26.2 Å². The van der Waals surface area contributed by atoms with Gasteiger partial charge < -0.3 is 4.90 Å². The fourth-order valence-corrected chi connectivity index (χ4v) is 3.30. The summed E-state index contributed by atoms with van der Waals surface area (Å²) < 4.78 is 0. The standard InChI is InChI=1S/C16H17NOS/c1-12-7-8-14-13(11-12)5-2-3-9-17(14)16(18)15-6-4-10-19-15/h4,6-8,10-11H,2-3,5,9H2,1H3. The minimum absolute atomic E-state index is 0.141. The number of thiophene rings is 1. The predicted molar refractivity (Wildman–Crippen MR) is 80.1 cm³/mol. The summed E-state index contributed by atoms with van der Waals surface area (Å²) in [7, 11) is 0. The number of fused-ring (bicyclic) bond motifs is 1. The van der Waals surface area contributed by atoms with Gasteiger partial charge in [-0.2, -0.15) is 0 Å². The predicted octanol–water partition coefficient (Wildman–Crippen LogP) is 4.04. The van der Waals surface area contributed by atoms with Crippen LogP contribution in [-0.4, -0.2) is 12.5 Å². The van der Waals surface area contributed by atoms with Crippen LogP contribution in [0.5, 0.6) is 0 Å². The Morgan fingerprint density at radius 1 is 1.26 bits per heavy atom. The molecule has 3 rings (SSSR count). The van der Waals surface area contributed by atoms with Crippen molar-refractivity contribution in [2.24, 2.45) is 0 Å². The minimum Gasteiger partial charge on any atom is -0.307 e. The average Bonchev–Trinajstić information content (AvgIpc) is 2.86. The van der Waals surface area contributed by atoms with E-state index in [0.717, 1.165) is 36.4 Å². The summed E-state index contributed by atoms with van der Waals surface area (Å²) in [5.41, 5.74) is 3.67. The van der Waals surface area contributed by atoms with Crippen molar-refractivity contribution in [3.63, 3.8) is 0 Å². The molecule has 1 aliphatic rings. The molecule has 0 saturated heterocycles. The number of hydrogen-bond donors (Lipinski definition) is 0. The molecule has 1 aliphatic heterocycles. The third-order valence-electron chi connectivity index (χ3n) is 3.58. The third-order valence-corrected chi connectivity index (χ3v) is 4.44. The Hall–Kier alpha value is -1.61. The summed E-state index contributed by atoms with van der Waals surface area (Å²) in [6.07, 6.45) is 3.31. The van der Waals surface area contributed by atoms with Crippen molar-refractivity contribution in [3.05, 3.63) is 51.7 Å². The van der Waals surface area contributed by atoms with Gasteiger partial charge in [0.15, 0.2) is 0 Å². The Morgan fingerprint density at radius 2 is 2.16 bits per heavy atom. The first kappa shape index (κ1) is 12.4. The Balaban J connectivity index is 2.01. The summed E-state index contributed by atoms with van der Waals surface area (Å²) in [4.78, 5) is 15.4. The topological polar surface area (TPSA) is 20.3 Å². The van der Waals surface area contributed by atoms with Crippen LogP contribution in [0.2, 0.25) is 0 Å². The van der Waals surface area contributed by atoms with Gasteiger partial charge >= 0.3 is 0 Å². The molecule has 2 heterocycles. The molecule has 0 saturated carbocycles. The van der Waals surface area contributed by atoms with Crippen molar-refractivity contribution in [1.29, 1.82) is 0 Å². The molecule has 1 aromatic heterocycles. The second-order valence-corrected chi connectivity index (χ2v) is 5.97. The number of carbonyl (C=O) groups excluding carboxylic acids is 1. The minimum atomic E-state index is 0.141. The Morgan fingerprint density at radius 3 is 2.95 bits per heavy atom. The van der Waals surface area contributed by atoms with Crippen molar-refractivity contribution in [2.75, 3.05) is 11.4 Å². The number of hydrogen-bond acceptors (Lipinski definition) is 2. The van der Waals surface area contributed by atoms with Gasteiger partial charge in [-0.1, -0.05) is 23.8 Å². The van der Waals surface area contributed by atoms with Gasteiger partial charge in [0.05, 0.1) is 4.88 Å². The molecular formula is C16H17NOS. The van der Waals surface area contributed by atoms with Gasteiger partial charge in [-0.25, -0.2) is 0 Å². The van der Waals surface area contributed by atoms with Crippen molar-refractivity contribution < 1.29 is 4.79 Å². The van der Waals surface area contributed by atoms with Crippen molar-refractivity contribution >= 4 is 22.9 Å². The lowest BCUT2D eigenvalue weighted by Crippen LogP contribution is -2.31. The number of rotatable bonds is 1. The largest absolute Gasteiger partial charge is 0.307 e. The van der Waals surface area contributed by atoms with Crippen LogP contribution in [0.15, 0.2) is 35.7 Å². The number of amides is 1. The fourth-order valence-electron chi connectivity index (χ4n) is 2.63. The first-order valence-electron chi connectivity index (χ1n) is 6.70. The SMILES string of the molecule is Cc1ccc2c(c1)CCCCN2C(=O)c1cccs1. The maximum absolute atomic E-state index is 12.6. The molecule has 2 nitrogen and oxygen atoms in total. The maximum Gasteiger partial charge on any atom is 0.268 e. The Kier molecular flexibility index (Phi) is 3.38. The lowest BCUT2D eigenvalue weighted by atomic mass is 10.0. The van der Waals surface area contributed by atoms with E-state index in [1.54, 1.807) is 0 Å². The number of anilines is 1. The highest BCUT2D eigenvalue weighted by molar-refractivity contribution is 7.12. The Bertz CT molecular complexity index is 589. The smallest absolute Gasteiger partial charge is 0.268 e. The molecule has 3 heteroatoms. The van der Waals surface area contributed by atoms with Crippen LogP contribution in [0.1, 0.15) is 33.6 Å². The van der Waals surface area contributed by atoms with Gasteiger partial charge in [0.1, 0.15) is 0 Å². The molecule has 0 aliphatic carbocycles. The van der Waals surface area contributed by atoms with Crippen molar-refractivity contribution in [3.8, 4) is 0 Å². The first-order valence-corrected chi connectivity index (χ1v) is 7.58. The molecular weight excluding hydrogens is 254 g/mol. The second kappa shape index (κ2) is 5.17. The van der Waals surface area contributed by atoms with E-state index in [9.17, 15) is 4.79 Å². The molecule has 1 aromatic carbocycles. The zero-order chi connectivity index (χ0) is 13.2. The van der Waals surface area contributed by atoms with Crippen LogP contribution < -0.4 is 4.90 Å². The van der Waals surface area contributed by atoms with Crippen LogP contribution in [0, 0.1) is 6.92 Å². The summed E-state index contributed by atoms with van der Waals surface area (Å²) in [6, 6.07) is 10.3. The van der Waals surface area contributed by atoms with Crippen LogP contribution in [0.4, 0.5) is 5.69 Å². The van der Waals surface area contributed by atoms with E-state index in [2.05, 4.69) is 25.1 Å². The number of benzene rings is 1. The van der Waals surface area contributed by atoms with Crippen LogP contribution in [-0.2, 0) is 6.42 Å². The Labute approximate surface area is 117 Å². The average molecular weight is 271 g/mol. The van der Waals surface area contributed by atoms with E-state index in [-0.39, 0.29) is 5.91 Å². The van der Waals surface area contributed by atoms with Gasteiger partial charge in [0.2, 0.25) is 0 Å². The molecule has 0 radical (unpaired) electrons. The molecule has 0 N–H and O–H groups in total. The summed E-state index contributed by atoms with van der Waals surface area (Å²) in [5, 5.41) is 1.96. The zero-order valence-electron chi connectivity index (χ0n) is 11.1. The molecule has 0 atom stereocenters. The molecule has 19 heavy (non-hydrogen) atoms. The lowest BCUT2D eigenvalue weighted by Gasteiger charge is -2.22. The van der Waals surface area contributed by atoms with E-state index in [1.807, 2.05) is 22.4 Å². The number of nitrogens with zero attached hydrogens (tertiary/aromatic N) is 1. The lowest BCUT2D eigenvalue weighted by molar-refractivity contribution is 0.0991. The first-order chi connectivity index (χ1) is 9.25. The fraction of sp³-hybridized carbons (Fsp3) is 0.312. The van der Waals surface area contributed by atoms with Crippen LogP contribution >= 0.6 is 11.3 Å². The van der Waals surface area contributed by atoms with Gasteiger partial charge in [0.25, 0.3) is 5.91 Å². The highest BCUT2D eigenvalue weighted by atomic mass is 32.1. The summed E-state index contributed by atoms with van der Waals surface area (Å²) in [5.74, 6) is 0.141. The third kappa shape index (κ3) is 2.43. The molecule has 1 amide bonds. The highest BCUT2D eigenvalue weighted by Gasteiger charge is 2.22.